The Morgan fingerprint density at radius 3 is 2.60 bits per heavy atom. The van der Waals surface area contributed by atoms with Gasteiger partial charge in [0.2, 0.25) is 0 Å². The lowest BCUT2D eigenvalue weighted by molar-refractivity contribution is 0.714. The summed E-state index contributed by atoms with van der Waals surface area (Å²) in [6.45, 7) is 8.27. The zero-order valence-electron chi connectivity index (χ0n) is 11.8. The zero-order chi connectivity index (χ0) is 14.7. The van der Waals surface area contributed by atoms with Crippen molar-refractivity contribution in [3.05, 3.63) is 38.8 Å². The Morgan fingerprint density at radius 2 is 2.00 bits per heavy atom. The van der Waals surface area contributed by atoms with Gasteiger partial charge in [0.1, 0.15) is 5.01 Å². The Labute approximate surface area is 134 Å². The maximum Gasteiger partial charge on any atom is 0.123 e. The topological polar surface area (TPSA) is 24.9 Å². The van der Waals surface area contributed by atoms with Gasteiger partial charge in [0.25, 0.3) is 0 Å². The molecule has 0 aliphatic rings. The lowest BCUT2D eigenvalue weighted by atomic mass is 10.1. The number of hydrogen-bond acceptors (Lipinski definition) is 3. The lowest BCUT2D eigenvalue weighted by Crippen LogP contribution is -2.12. The number of aromatic nitrogens is 1. The minimum absolute atomic E-state index is 0.413. The molecule has 0 aliphatic carbocycles. The first-order valence-corrected chi connectivity index (χ1v) is 8.26. The van der Waals surface area contributed by atoms with Gasteiger partial charge in [0.15, 0.2) is 0 Å². The first-order chi connectivity index (χ1) is 9.52. The van der Waals surface area contributed by atoms with Gasteiger partial charge >= 0.3 is 0 Å². The first kappa shape index (κ1) is 15.8. The summed E-state index contributed by atoms with van der Waals surface area (Å²) in [5, 5.41) is 5.51. The molecule has 0 spiro atoms. The minimum Gasteiger partial charge on any atom is -0.312 e. The molecule has 20 heavy (non-hydrogen) atoms. The van der Waals surface area contributed by atoms with Crippen LogP contribution in [0.5, 0.6) is 0 Å². The van der Waals surface area contributed by atoms with Crippen molar-refractivity contribution in [2.24, 2.45) is 0 Å². The van der Waals surface area contributed by atoms with E-state index in [9.17, 15) is 0 Å². The van der Waals surface area contributed by atoms with Crippen molar-refractivity contribution in [3.63, 3.8) is 0 Å². The average Bonchev–Trinajstić information content (AvgIpc) is 2.84. The molecule has 0 saturated carbocycles. The van der Waals surface area contributed by atoms with Gasteiger partial charge in [0.05, 0.1) is 15.7 Å². The summed E-state index contributed by atoms with van der Waals surface area (Å²) in [6.07, 6.45) is 0. The molecule has 1 N–H and O–H groups in total. The minimum atomic E-state index is 0.413. The smallest absolute Gasteiger partial charge is 0.123 e. The Kier molecular flexibility index (Phi) is 5.44. The third-order valence-corrected chi connectivity index (χ3v) is 4.84. The molecule has 2 nitrogen and oxygen atoms in total. The fraction of sp³-hybridized carbons (Fsp3) is 0.400. The van der Waals surface area contributed by atoms with Crippen LogP contribution in [0.15, 0.2) is 18.2 Å². The molecular formula is C15H18Cl2N2S. The molecule has 5 heteroatoms. The predicted molar refractivity (Wildman–Crippen MR) is 89.0 cm³/mol. The maximum absolute atomic E-state index is 6.09. The molecule has 0 unspecified atom stereocenters. The summed E-state index contributed by atoms with van der Waals surface area (Å²) in [6, 6.07) is 5.66. The maximum atomic E-state index is 6.09. The van der Waals surface area contributed by atoms with Gasteiger partial charge in [-0.2, -0.15) is 0 Å². The summed E-state index contributed by atoms with van der Waals surface area (Å²) in [5.74, 6) is 0.413. The van der Waals surface area contributed by atoms with Gasteiger partial charge in [-0.1, -0.05) is 50.0 Å². The fourth-order valence-corrected chi connectivity index (χ4v) is 3.41. The van der Waals surface area contributed by atoms with E-state index in [1.165, 1.54) is 4.88 Å². The van der Waals surface area contributed by atoms with Gasteiger partial charge in [0, 0.05) is 17.0 Å². The summed E-state index contributed by atoms with van der Waals surface area (Å²) < 4.78 is 0. The van der Waals surface area contributed by atoms with Crippen molar-refractivity contribution in [2.45, 2.75) is 33.2 Å². The highest BCUT2D eigenvalue weighted by molar-refractivity contribution is 7.15. The normalized spacial score (nSPS) is 11.3. The SMILES string of the molecule is CCNCc1sc(-c2ccc(Cl)c(Cl)c2)nc1C(C)C. The number of nitrogens with zero attached hydrogens (tertiary/aromatic N) is 1. The van der Waals surface area contributed by atoms with Crippen LogP contribution in [0.2, 0.25) is 10.0 Å². The molecule has 108 valence electrons. The second-order valence-corrected chi connectivity index (χ2v) is 6.79. The van der Waals surface area contributed by atoms with E-state index in [0.717, 1.165) is 29.4 Å². The zero-order valence-corrected chi connectivity index (χ0v) is 14.2. The summed E-state index contributed by atoms with van der Waals surface area (Å²) in [7, 11) is 0. The number of halogens is 2. The van der Waals surface area contributed by atoms with E-state index < -0.39 is 0 Å². The molecule has 0 atom stereocenters. The van der Waals surface area contributed by atoms with Crippen molar-refractivity contribution in [3.8, 4) is 10.6 Å². The Hall–Kier alpha value is -0.610. The molecule has 0 bridgehead atoms. The van der Waals surface area contributed by atoms with Crippen LogP contribution in [0.3, 0.4) is 0 Å². The van der Waals surface area contributed by atoms with Crippen LogP contribution in [0, 0.1) is 0 Å². The molecule has 1 aromatic heterocycles. The average molecular weight is 329 g/mol. The monoisotopic (exact) mass is 328 g/mol. The second-order valence-electron chi connectivity index (χ2n) is 4.89. The highest BCUT2D eigenvalue weighted by atomic mass is 35.5. The van der Waals surface area contributed by atoms with E-state index in [1.807, 2.05) is 18.2 Å². The summed E-state index contributed by atoms with van der Waals surface area (Å²) in [5.41, 5.74) is 2.19. The van der Waals surface area contributed by atoms with Gasteiger partial charge in [-0.3, -0.25) is 0 Å². The molecule has 0 amide bonds. The Bertz CT molecular complexity index is 594. The number of thiazole rings is 1. The van der Waals surface area contributed by atoms with Crippen LogP contribution in [0.25, 0.3) is 10.6 Å². The second kappa shape index (κ2) is 6.90. The molecule has 0 saturated heterocycles. The molecule has 0 aliphatic heterocycles. The van der Waals surface area contributed by atoms with Crippen LogP contribution in [-0.4, -0.2) is 11.5 Å². The van der Waals surface area contributed by atoms with Gasteiger partial charge in [-0.05, 0) is 24.6 Å². The molecule has 2 rings (SSSR count). The van der Waals surface area contributed by atoms with Gasteiger partial charge < -0.3 is 5.32 Å². The number of rotatable bonds is 5. The number of benzene rings is 1. The van der Waals surface area contributed by atoms with Crippen molar-refractivity contribution in [2.75, 3.05) is 6.54 Å². The van der Waals surface area contributed by atoms with E-state index in [0.29, 0.717) is 16.0 Å². The van der Waals surface area contributed by atoms with E-state index in [4.69, 9.17) is 28.2 Å². The van der Waals surface area contributed by atoms with Crippen LogP contribution in [-0.2, 0) is 6.54 Å². The van der Waals surface area contributed by atoms with Gasteiger partial charge in [-0.15, -0.1) is 11.3 Å². The van der Waals surface area contributed by atoms with Crippen LogP contribution in [0.1, 0.15) is 37.3 Å². The van der Waals surface area contributed by atoms with Crippen LogP contribution < -0.4 is 5.32 Å². The van der Waals surface area contributed by atoms with E-state index in [-0.39, 0.29) is 0 Å². The molecule has 0 radical (unpaired) electrons. The van der Waals surface area contributed by atoms with E-state index in [2.05, 4.69) is 26.1 Å². The van der Waals surface area contributed by atoms with Gasteiger partial charge in [-0.25, -0.2) is 4.98 Å². The van der Waals surface area contributed by atoms with Crippen LogP contribution in [0.4, 0.5) is 0 Å². The Balaban J connectivity index is 2.38. The van der Waals surface area contributed by atoms with Crippen molar-refractivity contribution in [1.29, 1.82) is 0 Å². The van der Waals surface area contributed by atoms with Crippen molar-refractivity contribution < 1.29 is 0 Å². The highest BCUT2D eigenvalue weighted by Gasteiger charge is 2.15. The molecule has 1 heterocycles. The lowest BCUT2D eigenvalue weighted by Gasteiger charge is -2.04. The molecule has 1 aromatic carbocycles. The quantitative estimate of drug-likeness (QED) is 0.800. The predicted octanol–water partition coefficient (Wildman–Crippen LogP) is 5.35. The summed E-state index contributed by atoms with van der Waals surface area (Å²) in [4.78, 5) is 6.07. The molecule has 0 fully saturated rings. The van der Waals surface area contributed by atoms with Crippen molar-refractivity contribution in [1.82, 2.24) is 10.3 Å². The van der Waals surface area contributed by atoms with E-state index >= 15 is 0 Å². The third-order valence-electron chi connectivity index (χ3n) is 2.98. The van der Waals surface area contributed by atoms with E-state index in [1.54, 1.807) is 11.3 Å². The third kappa shape index (κ3) is 3.53. The van der Waals surface area contributed by atoms with Crippen molar-refractivity contribution >= 4 is 34.5 Å². The number of nitrogens with one attached hydrogen (secondary N) is 1. The Morgan fingerprint density at radius 1 is 1.25 bits per heavy atom. The standard InChI is InChI=1S/C15H18Cl2N2S/c1-4-18-8-13-14(9(2)3)19-15(20-13)10-5-6-11(16)12(17)7-10/h5-7,9,18H,4,8H2,1-3H3. The highest BCUT2D eigenvalue weighted by Crippen LogP contribution is 2.34. The number of hydrogen-bond donors (Lipinski definition) is 1. The largest absolute Gasteiger partial charge is 0.312 e. The fourth-order valence-electron chi connectivity index (χ4n) is 1.93. The van der Waals surface area contributed by atoms with Crippen LogP contribution >= 0.6 is 34.5 Å². The first-order valence-electron chi connectivity index (χ1n) is 6.68. The molecular weight excluding hydrogens is 311 g/mol. The molecule has 2 aromatic rings. The summed E-state index contributed by atoms with van der Waals surface area (Å²) >= 11 is 13.8.